The van der Waals surface area contributed by atoms with E-state index in [2.05, 4.69) is 19.4 Å². The Labute approximate surface area is 92.0 Å². The zero-order chi connectivity index (χ0) is 10.4. The summed E-state index contributed by atoms with van der Waals surface area (Å²) in [7, 11) is 0. The molecule has 15 heavy (non-hydrogen) atoms. The summed E-state index contributed by atoms with van der Waals surface area (Å²) in [5, 5.41) is 0. The molecule has 0 bridgehead atoms. The number of halogens is 1. The van der Waals surface area contributed by atoms with E-state index < -0.39 is 12.1 Å². The summed E-state index contributed by atoms with van der Waals surface area (Å²) in [6, 6.07) is 0. The molecular weight excluding hydrogens is 224 g/mol. The Morgan fingerprint density at radius 3 is 2.47 bits per heavy atom. The van der Waals surface area contributed by atoms with E-state index in [1.165, 1.54) is 18.7 Å². The number of ether oxygens (including phenoxy) is 2. The minimum atomic E-state index is -1.03. The topological polar surface area (TPSA) is 78.4 Å². The molecule has 1 aromatic heterocycles. The molecule has 0 aliphatic heterocycles. The van der Waals surface area contributed by atoms with E-state index in [0.717, 1.165) is 0 Å². The van der Waals surface area contributed by atoms with Gasteiger partial charge >= 0.3 is 12.1 Å². The molecular formula is C8H9ClN2O4. The Hall–Kier alpha value is -1.69. The van der Waals surface area contributed by atoms with Crippen molar-refractivity contribution in [2.45, 2.75) is 6.92 Å². The summed E-state index contributed by atoms with van der Waals surface area (Å²) >= 11 is 0. The van der Waals surface area contributed by atoms with Crippen LogP contribution in [0, 0.1) is 0 Å². The van der Waals surface area contributed by atoms with Gasteiger partial charge in [0.25, 0.3) is 0 Å². The zero-order valence-corrected chi connectivity index (χ0v) is 8.69. The Morgan fingerprint density at radius 1 is 1.33 bits per heavy atom. The summed E-state index contributed by atoms with van der Waals surface area (Å²) in [5.41, 5.74) is 0.0977. The molecule has 7 heteroatoms. The van der Waals surface area contributed by atoms with E-state index in [9.17, 15) is 9.59 Å². The van der Waals surface area contributed by atoms with Gasteiger partial charge in [0.05, 0.1) is 12.2 Å². The number of carbonyl (C=O) groups excluding carboxylic acids is 2. The number of hydrogen-bond donors (Lipinski definition) is 0. The van der Waals surface area contributed by atoms with Crippen molar-refractivity contribution in [3.05, 3.63) is 24.3 Å². The average molecular weight is 233 g/mol. The highest BCUT2D eigenvalue weighted by molar-refractivity contribution is 5.94. The molecule has 0 unspecified atom stereocenters. The molecule has 0 spiro atoms. The van der Waals surface area contributed by atoms with Crippen LogP contribution < -0.4 is 0 Å². The summed E-state index contributed by atoms with van der Waals surface area (Å²) in [4.78, 5) is 29.0. The quantitative estimate of drug-likeness (QED) is 0.563. The van der Waals surface area contributed by atoms with E-state index in [-0.39, 0.29) is 24.6 Å². The van der Waals surface area contributed by atoms with Crippen molar-refractivity contribution in [2.75, 3.05) is 6.61 Å². The highest BCUT2D eigenvalue weighted by Gasteiger charge is 2.13. The maximum atomic E-state index is 11.1. The molecule has 0 N–H and O–H groups in total. The highest BCUT2D eigenvalue weighted by atomic mass is 35.5. The second-order valence-corrected chi connectivity index (χ2v) is 2.20. The molecule has 1 heterocycles. The van der Waals surface area contributed by atoms with Gasteiger partial charge in [-0.15, -0.1) is 12.4 Å². The number of nitrogens with zero attached hydrogens (tertiary/aromatic N) is 2. The molecule has 0 saturated carbocycles. The second kappa shape index (κ2) is 6.72. The standard InChI is InChI=1S/C8H8N2O4.ClH/c1-2-13-8(12)14-7(11)6-3-9-5-10-4-6;/h3-5H,2H2,1H3;1H. The third-order valence-electron chi connectivity index (χ3n) is 1.23. The lowest BCUT2D eigenvalue weighted by atomic mass is 10.3. The molecule has 1 rings (SSSR count). The number of rotatable bonds is 2. The van der Waals surface area contributed by atoms with Crippen molar-refractivity contribution in [1.82, 2.24) is 9.97 Å². The van der Waals surface area contributed by atoms with Crippen molar-refractivity contribution in [1.29, 1.82) is 0 Å². The van der Waals surface area contributed by atoms with Gasteiger partial charge < -0.3 is 9.47 Å². The number of carbonyl (C=O) groups is 2. The van der Waals surface area contributed by atoms with Gasteiger partial charge in [0.1, 0.15) is 6.33 Å². The molecule has 0 aromatic carbocycles. The van der Waals surface area contributed by atoms with Crippen LogP contribution in [0.2, 0.25) is 0 Å². The van der Waals surface area contributed by atoms with Gasteiger partial charge in [-0.2, -0.15) is 0 Å². The molecule has 6 nitrogen and oxygen atoms in total. The van der Waals surface area contributed by atoms with E-state index in [0.29, 0.717) is 0 Å². The zero-order valence-electron chi connectivity index (χ0n) is 7.87. The van der Waals surface area contributed by atoms with E-state index in [4.69, 9.17) is 0 Å². The normalized spacial score (nSPS) is 8.60. The molecule has 0 amide bonds. The van der Waals surface area contributed by atoms with Crippen LogP contribution in [0.1, 0.15) is 17.3 Å². The monoisotopic (exact) mass is 232 g/mol. The SMILES string of the molecule is CCOC(=O)OC(=O)c1cncnc1.Cl. The molecule has 0 atom stereocenters. The Kier molecular flexibility index (Phi) is 5.96. The number of esters is 1. The van der Waals surface area contributed by atoms with Crippen molar-refractivity contribution >= 4 is 24.5 Å². The van der Waals surface area contributed by atoms with Gasteiger partial charge in [-0.1, -0.05) is 0 Å². The average Bonchev–Trinajstić information content (AvgIpc) is 2.19. The third kappa shape index (κ3) is 4.37. The molecule has 0 aliphatic rings. The predicted octanol–water partition coefficient (Wildman–Crippen LogP) is 1.21. The number of aromatic nitrogens is 2. The minimum absolute atomic E-state index is 0. The molecule has 0 fully saturated rings. The Morgan fingerprint density at radius 2 is 1.93 bits per heavy atom. The van der Waals surface area contributed by atoms with Gasteiger partial charge in [-0.05, 0) is 6.92 Å². The molecule has 82 valence electrons. The minimum Gasteiger partial charge on any atom is -0.434 e. The summed E-state index contributed by atoms with van der Waals surface area (Å²) in [5.74, 6) is -0.830. The van der Waals surface area contributed by atoms with Gasteiger partial charge in [0.15, 0.2) is 0 Å². The molecule has 1 aromatic rings. The van der Waals surface area contributed by atoms with Crippen LogP contribution in [0.25, 0.3) is 0 Å². The first-order chi connectivity index (χ1) is 6.74. The predicted molar refractivity (Wildman–Crippen MR) is 51.7 cm³/mol. The lowest BCUT2D eigenvalue weighted by Gasteiger charge is -2.01. The second-order valence-electron chi connectivity index (χ2n) is 2.20. The smallest absolute Gasteiger partial charge is 0.434 e. The fourth-order valence-electron chi connectivity index (χ4n) is 0.686. The molecule has 0 radical (unpaired) electrons. The number of hydrogen-bond acceptors (Lipinski definition) is 6. The molecule has 0 aliphatic carbocycles. The fraction of sp³-hybridized carbons (Fsp3) is 0.250. The molecule has 0 saturated heterocycles. The summed E-state index contributed by atoms with van der Waals surface area (Å²) < 4.78 is 8.71. The van der Waals surface area contributed by atoms with Gasteiger partial charge in [0, 0.05) is 12.4 Å². The van der Waals surface area contributed by atoms with Crippen LogP contribution in [0.5, 0.6) is 0 Å². The van der Waals surface area contributed by atoms with Gasteiger partial charge in [-0.3, -0.25) is 0 Å². The lowest BCUT2D eigenvalue weighted by molar-refractivity contribution is 0.0401. The highest BCUT2D eigenvalue weighted by Crippen LogP contribution is 1.98. The lowest BCUT2D eigenvalue weighted by Crippen LogP contribution is -2.14. The van der Waals surface area contributed by atoms with Crippen LogP contribution in [0.3, 0.4) is 0 Å². The van der Waals surface area contributed by atoms with Gasteiger partial charge in [-0.25, -0.2) is 19.6 Å². The summed E-state index contributed by atoms with van der Waals surface area (Å²) in [6.07, 6.45) is 2.73. The van der Waals surface area contributed by atoms with Crippen molar-refractivity contribution in [3.63, 3.8) is 0 Å². The van der Waals surface area contributed by atoms with Gasteiger partial charge in [0.2, 0.25) is 0 Å². The van der Waals surface area contributed by atoms with Crippen LogP contribution in [0.15, 0.2) is 18.7 Å². The maximum Gasteiger partial charge on any atom is 0.516 e. The van der Waals surface area contributed by atoms with E-state index >= 15 is 0 Å². The third-order valence-corrected chi connectivity index (χ3v) is 1.23. The van der Waals surface area contributed by atoms with Crippen LogP contribution in [-0.2, 0) is 9.47 Å². The fourth-order valence-corrected chi connectivity index (χ4v) is 0.686. The van der Waals surface area contributed by atoms with Crippen molar-refractivity contribution in [3.8, 4) is 0 Å². The summed E-state index contributed by atoms with van der Waals surface area (Å²) in [6.45, 7) is 1.76. The van der Waals surface area contributed by atoms with Crippen LogP contribution >= 0.6 is 12.4 Å². The largest absolute Gasteiger partial charge is 0.516 e. The first kappa shape index (κ1) is 13.3. The van der Waals surface area contributed by atoms with Crippen molar-refractivity contribution in [2.24, 2.45) is 0 Å². The van der Waals surface area contributed by atoms with Crippen LogP contribution in [0.4, 0.5) is 4.79 Å². The van der Waals surface area contributed by atoms with E-state index in [1.807, 2.05) is 0 Å². The Balaban J connectivity index is 0.00000196. The first-order valence-electron chi connectivity index (χ1n) is 3.88. The van der Waals surface area contributed by atoms with E-state index in [1.54, 1.807) is 6.92 Å². The Bertz CT molecular complexity index is 331. The first-order valence-corrected chi connectivity index (χ1v) is 3.88. The van der Waals surface area contributed by atoms with Crippen molar-refractivity contribution < 1.29 is 19.1 Å². The van der Waals surface area contributed by atoms with Crippen LogP contribution in [-0.4, -0.2) is 28.7 Å². The maximum absolute atomic E-state index is 11.1.